The lowest BCUT2D eigenvalue weighted by atomic mass is 10.1. The molecule has 0 bridgehead atoms. The average Bonchev–Trinajstić information content (AvgIpc) is 2.98. The van der Waals surface area contributed by atoms with Gasteiger partial charge in [0.25, 0.3) is 11.8 Å². The predicted molar refractivity (Wildman–Crippen MR) is 167 cm³/mol. The molecule has 2 unspecified atom stereocenters. The van der Waals surface area contributed by atoms with Crippen molar-refractivity contribution in [2.75, 3.05) is 18.5 Å². The van der Waals surface area contributed by atoms with Crippen molar-refractivity contribution in [3.63, 3.8) is 0 Å². The van der Waals surface area contributed by atoms with Gasteiger partial charge in [-0.3, -0.25) is 19.2 Å². The molecule has 0 heterocycles. The van der Waals surface area contributed by atoms with Gasteiger partial charge in [0.2, 0.25) is 5.91 Å². The zero-order valence-corrected chi connectivity index (χ0v) is 25.3. The van der Waals surface area contributed by atoms with E-state index in [1.807, 2.05) is 63.2 Å². The fourth-order valence-corrected chi connectivity index (χ4v) is 4.06. The third-order valence-corrected chi connectivity index (χ3v) is 6.02. The number of carbonyl (C=O) groups excluding carboxylic acids is 3. The van der Waals surface area contributed by atoms with E-state index >= 15 is 0 Å². The van der Waals surface area contributed by atoms with E-state index in [2.05, 4.69) is 33.3 Å². The van der Waals surface area contributed by atoms with Gasteiger partial charge >= 0.3 is 0 Å². The first-order valence-electron chi connectivity index (χ1n) is 14.2. The molecule has 9 heteroatoms. The molecule has 3 aromatic rings. The van der Waals surface area contributed by atoms with Gasteiger partial charge in [0.05, 0.1) is 24.9 Å². The van der Waals surface area contributed by atoms with Crippen molar-refractivity contribution >= 4 is 23.4 Å². The van der Waals surface area contributed by atoms with Crippen LogP contribution in [0.5, 0.6) is 0 Å². The minimum Gasteiger partial charge on any atom is -0.370 e. The molecule has 226 valence electrons. The van der Waals surface area contributed by atoms with Crippen LogP contribution in [0.25, 0.3) is 0 Å². The van der Waals surface area contributed by atoms with Gasteiger partial charge in [0.1, 0.15) is 6.04 Å². The van der Waals surface area contributed by atoms with Gasteiger partial charge in [-0.2, -0.15) is 0 Å². The van der Waals surface area contributed by atoms with Crippen molar-refractivity contribution in [2.45, 2.75) is 58.9 Å². The van der Waals surface area contributed by atoms with Crippen LogP contribution in [-0.2, 0) is 25.7 Å². The minimum absolute atomic E-state index is 0.128. The second-order valence-corrected chi connectivity index (χ2v) is 10.8. The SMILES string of the molecule is CCONC(=O)C(NC(=O)c1ccc(C#Cc2ccc(NC(=O)CNCc3ccccc3)cc2)cc1)C(C)OC(C)(C)C. The van der Waals surface area contributed by atoms with E-state index in [1.54, 1.807) is 50.2 Å². The fraction of sp³-hybridized carbons (Fsp3) is 0.324. The molecule has 0 aliphatic carbocycles. The highest BCUT2D eigenvalue weighted by atomic mass is 16.6. The molecule has 9 nitrogen and oxygen atoms in total. The van der Waals surface area contributed by atoms with Crippen LogP contribution in [0.1, 0.15) is 61.7 Å². The lowest BCUT2D eigenvalue weighted by molar-refractivity contribution is -0.142. The highest BCUT2D eigenvalue weighted by Gasteiger charge is 2.31. The summed E-state index contributed by atoms with van der Waals surface area (Å²) >= 11 is 0. The van der Waals surface area contributed by atoms with Crippen LogP contribution in [-0.4, -0.2) is 48.6 Å². The fourth-order valence-electron chi connectivity index (χ4n) is 4.06. The Morgan fingerprint density at radius 3 is 2.05 bits per heavy atom. The molecule has 4 N–H and O–H groups in total. The number of hydroxylamine groups is 1. The van der Waals surface area contributed by atoms with Crippen molar-refractivity contribution in [3.8, 4) is 11.8 Å². The molecule has 0 aliphatic heterocycles. The van der Waals surface area contributed by atoms with Crippen LogP contribution in [0.2, 0.25) is 0 Å². The quantitative estimate of drug-likeness (QED) is 0.187. The largest absolute Gasteiger partial charge is 0.370 e. The smallest absolute Gasteiger partial charge is 0.268 e. The number of benzene rings is 3. The monoisotopic (exact) mass is 584 g/mol. The van der Waals surface area contributed by atoms with Crippen molar-refractivity contribution in [1.82, 2.24) is 16.1 Å². The van der Waals surface area contributed by atoms with E-state index in [1.165, 1.54) is 0 Å². The van der Waals surface area contributed by atoms with Crippen LogP contribution >= 0.6 is 0 Å². The van der Waals surface area contributed by atoms with Crippen molar-refractivity contribution < 1.29 is 24.0 Å². The second-order valence-electron chi connectivity index (χ2n) is 10.8. The van der Waals surface area contributed by atoms with E-state index in [0.717, 1.165) is 11.1 Å². The maximum Gasteiger partial charge on any atom is 0.268 e. The summed E-state index contributed by atoms with van der Waals surface area (Å²) in [5, 5.41) is 8.75. The van der Waals surface area contributed by atoms with Crippen LogP contribution in [0.15, 0.2) is 78.9 Å². The number of hydrogen-bond donors (Lipinski definition) is 4. The standard InChI is InChI=1S/C34H40N4O5/c1-6-42-38-33(41)31(24(2)43-34(3,4)5)37-32(40)28-18-14-25(15-19-28)12-13-26-16-20-29(21-17-26)36-30(39)23-35-22-27-10-8-7-9-11-27/h7-11,14-21,24,31,35H,6,22-23H2,1-5H3,(H,36,39)(H,37,40)(H,38,41). The Bertz CT molecular complexity index is 1410. The summed E-state index contributed by atoms with van der Waals surface area (Å²) in [5.41, 5.74) is 5.50. The van der Waals surface area contributed by atoms with Gasteiger partial charge in [-0.1, -0.05) is 42.2 Å². The van der Waals surface area contributed by atoms with Crippen LogP contribution in [0.3, 0.4) is 0 Å². The van der Waals surface area contributed by atoms with Gasteiger partial charge in [0, 0.05) is 28.9 Å². The molecule has 0 radical (unpaired) electrons. The molecule has 0 spiro atoms. The topological polar surface area (TPSA) is 118 Å². The van der Waals surface area contributed by atoms with Crippen molar-refractivity contribution in [3.05, 3.63) is 101 Å². The maximum absolute atomic E-state index is 13.0. The predicted octanol–water partition coefficient (Wildman–Crippen LogP) is 4.18. The molecule has 3 rings (SSSR count). The highest BCUT2D eigenvalue weighted by molar-refractivity contribution is 5.97. The highest BCUT2D eigenvalue weighted by Crippen LogP contribution is 2.14. The Morgan fingerprint density at radius 1 is 0.860 bits per heavy atom. The molecule has 0 fully saturated rings. The van der Waals surface area contributed by atoms with Crippen molar-refractivity contribution in [1.29, 1.82) is 0 Å². The van der Waals surface area contributed by atoms with Gasteiger partial charge in [-0.15, -0.1) is 0 Å². The lowest BCUT2D eigenvalue weighted by Gasteiger charge is -2.30. The number of hydrogen-bond acceptors (Lipinski definition) is 6. The molecule has 2 atom stereocenters. The molecule has 3 aromatic carbocycles. The molecule has 0 saturated heterocycles. The normalized spacial score (nSPS) is 12.3. The zero-order valence-electron chi connectivity index (χ0n) is 25.3. The Labute approximate surface area is 253 Å². The number of ether oxygens (including phenoxy) is 1. The number of amides is 3. The summed E-state index contributed by atoms with van der Waals surface area (Å²) in [6, 6.07) is 23.0. The molecular weight excluding hydrogens is 544 g/mol. The second kappa shape index (κ2) is 16.2. The van der Waals surface area contributed by atoms with Crippen LogP contribution < -0.4 is 21.4 Å². The summed E-state index contributed by atoms with van der Waals surface area (Å²) in [6.45, 7) is 10.2. The number of anilines is 1. The molecule has 43 heavy (non-hydrogen) atoms. The van der Waals surface area contributed by atoms with Gasteiger partial charge in [-0.05, 0) is 88.7 Å². The Morgan fingerprint density at radius 2 is 1.47 bits per heavy atom. The summed E-state index contributed by atoms with van der Waals surface area (Å²) < 4.78 is 5.91. The lowest BCUT2D eigenvalue weighted by Crippen LogP contribution is -2.54. The third kappa shape index (κ3) is 11.7. The third-order valence-electron chi connectivity index (χ3n) is 6.02. The van der Waals surface area contributed by atoms with Gasteiger partial charge in [0.15, 0.2) is 0 Å². The molecule has 3 amide bonds. The Kier molecular flexibility index (Phi) is 12.5. The zero-order chi connectivity index (χ0) is 31.2. The first kappa shape index (κ1) is 33.0. The van der Waals surface area contributed by atoms with Gasteiger partial charge in [-0.25, -0.2) is 5.48 Å². The number of carbonyl (C=O) groups is 3. The Hall–Kier alpha value is -4.49. The first-order valence-corrected chi connectivity index (χ1v) is 14.2. The summed E-state index contributed by atoms with van der Waals surface area (Å²) in [5.74, 6) is 5.11. The molecule has 0 aromatic heterocycles. The van der Waals surface area contributed by atoms with Gasteiger partial charge < -0.3 is 20.7 Å². The minimum atomic E-state index is -0.962. The maximum atomic E-state index is 13.0. The molecule has 0 aliphatic rings. The van der Waals surface area contributed by atoms with Crippen LogP contribution in [0.4, 0.5) is 5.69 Å². The van der Waals surface area contributed by atoms with E-state index in [9.17, 15) is 14.4 Å². The van der Waals surface area contributed by atoms with E-state index in [0.29, 0.717) is 23.4 Å². The number of nitrogens with one attached hydrogen (secondary N) is 4. The summed E-state index contributed by atoms with van der Waals surface area (Å²) in [7, 11) is 0. The number of rotatable bonds is 12. The summed E-state index contributed by atoms with van der Waals surface area (Å²) in [6.07, 6.45) is -0.606. The summed E-state index contributed by atoms with van der Waals surface area (Å²) in [4.78, 5) is 42.9. The van der Waals surface area contributed by atoms with E-state index in [4.69, 9.17) is 9.57 Å². The van der Waals surface area contributed by atoms with E-state index < -0.39 is 29.6 Å². The van der Waals surface area contributed by atoms with E-state index in [-0.39, 0.29) is 19.1 Å². The molecular formula is C34H40N4O5. The van der Waals surface area contributed by atoms with Crippen LogP contribution in [0, 0.1) is 11.8 Å². The molecule has 0 saturated carbocycles. The average molecular weight is 585 g/mol. The first-order chi connectivity index (χ1) is 20.5. The van der Waals surface area contributed by atoms with Crippen molar-refractivity contribution in [2.24, 2.45) is 0 Å². The Balaban J connectivity index is 1.54.